The molecule has 104 valence electrons. The molecule has 1 N–H and O–H groups in total. The Morgan fingerprint density at radius 2 is 2.30 bits per heavy atom. The van der Waals surface area contributed by atoms with Gasteiger partial charge in [0.1, 0.15) is 10.7 Å². The highest BCUT2D eigenvalue weighted by atomic mass is 35.5. The number of pyridine rings is 1. The molecule has 0 aliphatic heterocycles. The van der Waals surface area contributed by atoms with Gasteiger partial charge in [0.2, 0.25) is 0 Å². The Morgan fingerprint density at radius 3 is 3.05 bits per heavy atom. The maximum atomic E-state index is 5.97. The van der Waals surface area contributed by atoms with E-state index in [1.807, 2.05) is 40.5 Å². The summed E-state index contributed by atoms with van der Waals surface area (Å²) in [6.07, 6.45) is 6.72. The zero-order valence-corrected chi connectivity index (χ0v) is 12.7. The molecule has 0 amide bonds. The fourth-order valence-electron chi connectivity index (χ4n) is 2.14. The summed E-state index contributed by atoms with van der Waals surface area (Å²) in [6.45, 7) is 2.87. The van der Waals surface area contributed by atoms with E-state index in [1.165, 1.54) is 0 Å². The molecule has 0 bridgehead atoms. The number of hydrogen-bond donors (Lipinski definition) is 1. The number of aromatic nitrogens is 3. The van der Waals surface area contributed by atoms with Crippen molar-refractivity contribution in [1.29, 1.82) is 0 Å². The second kappa shape index (κ2) is 5.91. The Bertz CT molecular complexity index is 692. The third-order valence-electron chi connectivity index (χ3n) is 3.15. The van der Waals surface area contributed by atoms with Crippen molar-refractivity contribution in [2.45, 2.75) is 25.9 Å². The number of imidazole rings is 1. The summed E-state index contributed by atoms with van der Waals surface area (Å²) in [7, 11) is 0. The number of rotatable bonds is 5. The summed E-state index contributed by atoms with van der Waals surface area (Å²) < 4.78 is 1.95. The third-order valence-corrected chi connectivity index (χ3v) is 4.26. The fraction of sp³-hybridized carbons (Fsp3) is 0.286. The van der Waals surface area contributed by atoms with Crippen LogP contribution < -0.4 is 5.32 Å². The Morgan fingerprint density at radius 1 is 1.40 bits per heavy atom. The molecule has 0 saturated carbocycles. The number of thiazole rings is 1. The highest BCUT2D eigenvalue weighted by molar-refractivity contribution is 7.09. The van der Waals surface area contributed by atoms with E-state index in [1.54, 1.807) is 11.3 Å². The van der Waals surface area contributed by atoms with Crippen LogP contribution in [-0.4, -0.2) is 14.4 Å². The van der Waals surface area contributed by atoms with Crippen molar-refractivity contribution in [3.8, 4) is 0 Å². The van der Waals surface area contributed by atoms with Gasteiger partial charge >= 0.3 is 0 Å². The minimum atomic E-state index is 0.281. The van der Waals surface area contributed by atoms with Crippen LogP contribution in [0.3, 0.4) is 0 Å². The Labute approximate surface area is 126 Å². The van der Waals surface area contributed by atoms with Crippen LogP contribution in [0.5, 0.6) is 0 Å². The summed E-state index contributed by atoms with van der Waals surface area (Å²) in [5, 5.41) is 7.35. The molecule has 3 aromatic rings. The van der Waals surface area contributed by atoms with Gasteiger partial charge in [-0.2, -0.15) is 0 Å². The summed E-state index contributed by atoms with van der Waals surface area (Å²) in [4.78, 5) is 8.93. The third kappa shape index (κ3) is 2.85. The quantitative estimate of drug-likeness (QED) is 0.782. The summed E-state index contributed by atoms with van der Waals surface area (Å²) in [5.74, 6) is 0. The smallest absolute Gasteiger partial charge is 0.137 e. The van der Waals surface area contributed by atoms with Crippen LogP contribution in [0.4, 0.5) is 0 Å². The lowest BCUT2D eigenvalue weighted by atomic mass is 10.2. The molecule has 0 aliphatic carbocycles. The van der Waals surface area contributed by atoms with Gasteiger partial charge in [-0.1, -0.05) is 18.5 Å². The van der Waals surface area contributed by atoms with Crippen LogP contribution in [-0.2, 0) is 6.54 Å². The Balaban J connectivity index is 1.73. The lowest BCUT2D eigenvalue weighted by Gasteiger charge is -2.12. The van der Waals surface area contributed by atoms with Gasteiger partial charge in [0.15, 0.2) is 0 Å². The van der Waals surface area contributed by atoms with Gasteiger partial charge in [-0.05, 0) is 18.6 Å². The van der Waals surface area contributed by atoms with E-state index in [2.05, 4.69) is 22.2 Å². The molecule has 6 heteroatoms. The first-order valence-corrected chi connectivity index (χ1v) is 7.78. The van der Waals surface area contributed by atoms with Crippen molar-refractivity contribution in [2.24, 2.45) is 0 Å². The van der Waals surface area contributed by atoms with Gasteiger partial charge < -0.3 is 9.72 Å². The number of halogens is 1. The Kier molecular flexibility index (Phi) is 4.00. The molecule has 1 atom stereocenters. The first-order valence-electron chi connectivity index (χ1n) is 6.52. The van der Waals surface area contributed by atoms with Crippen LogP contribution in [0, 0.1) is 0 Å². The zero-order chi connectivity index (χ0) is 13.9. The van der Waals surface area contributed by atoms with Gasteiger partial charge in [0, 0.05) is 30.5 Å². The molecular weight excluding hydrogens is 292 g/mol. The van der Waals surface area contributed by atoms with Gasteiger partial charge in [0.25, 0.3) is 0 Å². The van der Waals surface area contributed by atoms with Crippen molar-refractivity contribution in [3.63, 3.8) is 0 Å². The predicted octanol–water partition coefficient (Wildman–Crippen LogP) is 3.69. The average molecular weight is 307 g/mol. The van der Waals surface area contributed by atoms with Crippen LogP contribution >= 0.6 is 22.9 Å². The number of hydrogen-bond acceptors (Lipinski definition) is 4. The second-order valence-corrected chi connectivity index (χ2v) is 5.92. The standard InChI is InChI=1S/C14H15ClN4S/c1-2-12(14-16-5-6-20-14)17-7-11-9-19-8-10(15)3-4-13(19)18-11/h3-6,8-9,12,17H,2,7H2,1H3. The molecule has 0 radical (unpaired) electrons. The molecule has 0 aromatic carbocycles. The molecule has 0 saturated heterocycles. The van der Waals surface area contributed by atoms with Crippen molar-refractivity contribution >= 4 is 28.6 Å². The molecule has 0 spiro atoms. The van der Waals surface area contributed by atoms with Crippen molar-refractivity contribution in [3.05, 3.63) is 51.8 Å². The van der Waals surface area contributed by atoms with Crippen LogP contribution in [0.25, 0.3) is 5.65 Å². The van der Waals surface area contributed by atoms with E-state index in [0.29, 0.717) is 5.02 Å². The highest BCUT2D eigenvalue weighted by Crippen LogP contribution is 2.19. The maximum absolute atomic E-state index is 5.97. The summed E-state index contributed by atoms with van der Waals surface area (Å²) in [6, 6.07) is 4.05. The Hall–Kier alpha value is -1.43. The average Bonchev–Trinajstić information content (AvgIpc) is 3.08. The minimum Gasteiger partial charge on any atom is -0.305 e. The van der Waals surface area contributed by atoms with Crippen molar-refractivity contribution < 1.29 is 0 Å². The predicted molar refractivity (Wildman–Crippen MR) is 82.2 cm³/mol. The van der Waals surface area contributed by atoms with E-state index in [9.17, 15) is 0 Å². The molecule has 3 aromatic heterocycles. The first kappa shape index (κ1) is 13.5. The molecule has 3 heterocycles. The van der Waals surface area contributed by atoms with Gasteiger partial charge in [0.05, 0.1) is 16.8 Å². The lowest BCUT2D eigenvalue weighted by molar-refractivity contribution is 0.513. The van der Waals surface area contributed by atoms with Gasteiger partial charge in [-0.15, -0.1) is 11.3 Å². The molecule has 3 rings (SSSR count). The summed E-state index contributed by atoms with van der Waals surface area (Å²) in [5.41, 5.74) is 1.91. The van der Waals surface area contributed by atoms with Crippen molar-refractivity contribution in [1.82, 2.24) is 19.7 Å². The molecule has 1 unspecified atom stereocenters. The molecule has 4 nitrogen and oxygen atoms in total. The zero-order valence-electron chi connectivity index (χ0n) is 11.1. The highest BCUT2D eigenvalue weighted by Gasteiger charge is 2.12. The largest absolute Gasteiger partial charge is 0.305 e. The van der Waals surface area contributed by atoms with Crippen molar-refractivity contribution in [2.75, 3.05) is 0 Å². The van der Waals surface area contributed by atoms with E-state index >= 15 is 0 Å². The lowest BCUT2D eigenvalue weighted by Crippen LogP contribution is -2.20. The molecule has 0 fully saturated rings. The van der Waals surface area contributed by atoms with E-state index in [4.69, 9.17) is 11.6 Å². The fourth-order valence-corrected chi connectivity index (χ4v) is 3.11. The van der Waals surface area contributed by atoms with Gasteiger partial charge in [-0.3, -0.25) is 0 Å². The van der Waals surface area contributed by atoms with Crippen LogP contribution in [0.15, 0.2) is 36.1 Å². The van der Waals surface area contributed by atoms with Crippen LogP contribution in [0.2, 0.25) is 5.02 Å². The second-order valence-electron chi connectivity index (χ2n) is 4.56. The number of nitrogens with one attached hydrogen (secondary N) is 1. The van der Waals surface area contributed by atoms with Crippen LogP contribution in [0.1, 0.15) is 30.1 Å². The first-order chi connectivity index (χ1) is 9.76. The van der Waals surface area contributed by atoms with E-state index < -0.39 is 0 Å². The monoisotopic (exact) mass is 306 g/mol. The molecule has 20 heavy (non-hydrogen) atoms. The SMILES string of the molecule is CCC(NCc1cn2cc(Cl)ccc2n1)c1nccs1. The normalized spacial score (nSPS) is 12.9. The minimum absolute atomic E-state index is 0.281. The van der Waals surface area contributed by atoms with E-state index in [-0.39, 0.29) is 6.04 Å². The molecular formula is C14H15ClN4S. The molecule has 0 aliphatic rings. The number of nitrogens with zero attached hydrogens (tertiary/aromatic N) is 3. The van der Waals surface area contributed by atoms with Gasteiger partial charge in [-0.25, -0.2) is 9.97 Å². The topological polar surface area (TPSA) is 42.2 Å². The maximum Gasteiger partial charge on any atom is 0.137 e. The summed E-state index contributed by atoms with van der Waals surface area (Å²) >= 11 is 7.66. The number of fused-ring (bicyclic) bond motifs is 1. The van der Waals surface area contributed by atoms with E-state index in [0.717, 1.165) is 29.3 Å².